The molecule has 25 heavy (non-hydrogen) atoms. The van der Waals surface area contributed by atoms with Gasteiger partial charge in [0.1, 0.15) is 5.69 Å². The van der Waals surface area contributed by atoms with E-state index >= 15 is 0 Å². The van der Waals surface area contributed by atoms with Crippen LogP contribution in [0.1, 0.15) is 32.0 Å². The fraction of sp³-hybridized carbons (Fsp3) is 0.111. The maximum absolute atomic E-state index is 12.4. The second-order valence-corrected chi connectivity index (χ2v) is 6.15. The third kappa shape index (κ3) is 2.81. The minimum atomic E-state index is -0.304. The summed E-state index contributed by atoms with van der Waals surface area (Å²) in [6.07, 6.45) is 1.72. The fourth-order valence-electron chi connectivity index (χ4n) is 2.83. The van der Waals surface area contributed by atoms with Crippen molar-refractivity contribution in [2.24, 2.45) is 0 Å². The Labute approximate surface area is 148 Å². The highest BCUT2D eigenvalue weighted by atomic mass is 35.5. The van der Waals surface area contributed by atoms with E-state index in [0.29, 0.717) is 28.4 Å². The minimum Gasteiger partial charge on any atom is -0.269 e. The molecule has 0 atom stereocenters. The molecule has 0 saturated heterocycles. The molecule has 1 aliphatic heterocycles. The van der Waals surface area contributed by atoms with E-state index < -0.39 is 0 Å². The molecule has 1 aromatic heterocycles. The van der Waals surface area contributed by atoms with E-state index in [2.05, 4.69) is 10.3 Å². The maximum Gasteiger partial charge on any atom is 0.261 e. The smallest absolute Gasteiger partial charge is 0.261 e. The van der Waals surface area contributed by atoms with Crippen molar-refractivity contribution in [1.29, 1.82) is 0 Å². The molecule has 7 heteroatoms. The van der Waals surface area contributed by atoms with Crippen LogP contribution < -0.4 is 0 Å². The predicted octanol–water partition coefficient (Wildman–Crippen LogP) is 2.78. The first-order valence-electron chi connectivity index (χ1n) is 7.71. The number of fused-ring (bicyclic) bond motifs is 1. The van der Waals surface area contributed by atoms with E-state index in [1.165, 1.54) is 4.90 Å². The first kappa shape index (κ1) is 15.5. The molecule has 3 aromatic rings. The van der Waals surface area contributed by atoms with Gasteiger partial charge in [-0.15, -0.1) is 5.10 Å². The molecule has 0 N–H and O–H groups in total. The van der Waals surface area contributed by atoms with Gasteiger partial charge in [-0.05, 0) is 23.8 Å². The normalized spacial score (nSPS) is 13.4. The van der Waals surface area contributed by atoms with Crippen molar-refractivity contribution in [3.05, 3.63) is 82.1 Å². The van der Waals surface area contributed by atoms with E-state index in [0.717, 1.165) is 5.56 Å². The Kier molecular flexibility index (Phi) is 3.82. The van der Waals surface area contributed by atoms with Crippen LogP contribution in [0, 0.1) is 0 Å². The van der Waals surface area contributed by atoms with Crippen LogP contribution in [0.25, 0.3) is 0 Å². The van der Waals surface area contributed by atoms with Gasteiger partial charge in [0.15, 0.2) is 0 Å². The maximum atomic E-state index is 12.4. The van der Waals surface area contributed by atoms with E-state index in [9.17, 15) is 9.59 Å². The Bertz CT molecular complexity index is 947. The zero-order valence-corrected chi connectivity index (χ0v) is 13.8. The molecule has 124 valence electrons. The van der Waals surface area contributed by atoms with Gasteiger partial charge >= 0.3 is 0 Å². The Morgan fingerprint density at radius 1 is 0.880 bits per heavy atom. The minimum absolute atomic E-state index is 0.0921. The summed E-state index contributed by atoms with van der Waals surface area (Å²) < 4.78 is 1.63. The molecule has 0 fully saturated rings. The van der Waals surface area contributed by atoms with Crippen LogP contribution in [0.2, 0.25) is 5.02 Å². The number of hydrogen-bond acceptors (Lipinski definition) is 4. The summed E-state index contributed by atoms with van der Waals surface area (Å²) >= 11 is 6.15. The molecule has 4 rings (SSSR count). The molecule has 6 nitrogen and oxygen atoms in total. The molecule has 0 spiro atoms. The number of rotatable bonds is 4. The molecule has 0 radical (unpaired) electrons. The lowest BCUT2D eigenvalue weighted by Crippen LogP contribution is -2.29. The van der Waals surface area contributed by atoms with Crippen LogP contribution in [0.5, 0.6) is 0 Å². The van der Waals surface area contributed by atoms with Crippen molar-refractivity contribution in [3.63, 3.8) is 0 Å². The summed E-state index contributed by atoms with van der Waals surface area (Å²) in [5, 5.41) is 8.77. The zero-order valence-electron chi connectivity index (χ0n) is 13.1. The highest BCUT2D eigenvalue weighted by Crippen LogP contribution is 2.24. The van der Waals surface area contributed by atoms with Crippen LogP contribution in [0.3, 0.4) is 0 Å². The van der Waals surface area contributed by atoms with Gasteiger partial charge in [-0.2, -0.15) is 0 Å². The zero-order chi connectivity index (χ0) is 17.4. The summed E-state index contributed by atoms with van der Waals surface area (Å²) in [7, 11) is 0. The lowest BCUT2D eigenvalue weighted by Gasteiger charge is -2.11. The highest BCUT2D eigenvalue weighted by Gasteiger charge is 2.35. The number of hydrogen-bond donors (Lipinski definition) is 0. The van der Waals surface area contributed by atoms with Gasteiger partial charge < -0.3 is 0 Å². The Balaban J connectivity index is 1.52. The van der Waals surface area contributed by atoms with Gasteiger partial charge in [-0.25, -0.2) is 4.68 Å². The average Bonchev–Trinajstić information content (AvgIpc) is 3.16. The van der Waals surface area contributed by atoms with Gasteiger partial charge in [0.25, 0.3) is 11.8 Å². The molecular formula is C18H13ClN4O2. The van der Waals surface area contributed by atoms with Crippen LogP contribution in [-0.4, -0.2) is 31.7 Å². The number of benzene rings is 2. The van der Waals surface area contributed by atoms with Gasteiger partial charge in [0.05, 0.1) is 30.4 Å². The van der Waals surface area contributed by atoms with E-state index in [1.807, 2.05) is 24.3 Å². The SMILES string of the molecule is O=C1c2ccccc2C(=O)N1Cc1cn(Cc2ccccc2Cl)nn1. The second kappa shape index (κ2) is 6.14. The lowest BCUT2D eigenvalue weighted by atomic mass is 10.1. The number of aromatic nitrogens is 3. The van der Waals surface area contributed by atoms with E-state index in [1.54, 1.807) is 35.1 Å². The molecule has 2 amide bonds. The van der Waals surface area contributed by atoms with Gasteiger partial charge in [0.2, 0.25) is 0 Å². The molecule has 0 saturated carbocycles. The highest BCUT2D eigenvalue weighted by molar-refractivity contribution is 6.31. The first-order chi connectivity index (χ1) is 12.1. The average molecular weight is 353 g/mol. The molecule has 1 aliphatic rings. The first-order valence-corrected chi connectivity index (χ1v) is 8.09. The Hall–Kier alpha value is -2.99. The van der Waals surface area contributed by atoms with Crippen molar-refractivity contribution < 1.29 is 9.59 Å². The summed E-state index contributed by atoms with van der Waals surface area (Å²) in [6.45, 7) is 0.559. The van der Waals surface area contributed by atoms with Crippen molar-refractivity contribution in [2.75, 3.05) is 0 Å². The third-order valence-electron chi connectivity index (χ3n) is 4.07. The Morgan fingerprint density at radius 2 is 1.52 bits per heavy atom. The van der Waals surface area contributed by atoms with Gasteiger partial charge in [-0.3, -0.25) is 14.5 Å². The van der Waals surface area contributed by atoms with E-state index in [4.69, 9.17) is 11.6 Å². The molecular weight excluding hydrogens is 340 g/mol. The Morgan fingerprint density at radius 3 is 2.20 bits per heavy atom. The molecule has 0 bridgehead atoms. The van der Waals surface area contributed by atoms with Crippen LogP contribution in [0.4, 0.5) is 0 Å². The second-order valence-electron chi connectivity index (χ2n) is 5.74. The quantitative estimate of drug-likeness (QED) is 0.677. The largest absolute Gasteiger partial charge is 0.269 e. The summed E-state index contributed by atoms with van der Waals surface area (Å²) in [6, 6.07) is 14.3. The van der Waals surface area contributed by atoms with Gasteiger partial charge in [-0.1, -0.05) is 47.1 Å². The third-order valence-corrected chi connectivity index (χ3v) is 4.44. The fourth-order valence-corrected chi connectivity index (χ4v) is 3.03. The lowest BCUT2D eigenvalue weighted by molar-refractivity contribution is 0.0640. The van der Waals surface area contributed by atoms with Crippen LogP contribution in [0.15, 0.2) is 54.7 Å². The number of imide groups is 1. The van der Waals surface area contributed by atoms with Crippen molar-refractivity contribution in [3.8, 4) is 0 Å². The van der Waals surface area contributed by atoms with Crippen molar-refractivity contribution >= 4 is 23.4 Å². The molecule has 0 aliphatic carbocycles. The molecule has 0 unspecified atom stereocenters. The monoisotopic (exact) mass is 352 g/mol. The van der Waals surface area contributed by atoms with Crippen LogP contribution >= 0.6 is 11.6 Å². The number of halogens is 1. The van der Waals surface area contributed by atoms with Crippen LogP contribution in [-0.2, 0) is 13.1 Å². The number of carbonyl (C=O) groups is 2. The summed E-state index contributed by atoms with van der Waals surface area (Å²) in [5.74, 6) is -0.609. The van der Waals surface area contributed by atoms with Crippen molar-refractivity contribution in [1.82, 2.24) is 19.9 Å². The number of carbonyl (C=O) groups excluding carboxylic acids is 2. The standard InChI is InChI=1S/C18H13ClN4O2/c19-16-8-4-1-5-12(16)9-22-10-13(20-21-22)11-23-17(24)14-6-2-3-7-15(14)18(23)25/h1-8,10H,9,11H2. The summed E-state index contributed by atoms with van der Waals surface area (Å²) in [5.41, 5.74) is 2.31. The molecule has 2 aromatic carbocycles. The number of nitrogens with zero attached hydrogens (tertiary/aromatic N) is 4. The predicted molar refractivity (Wildman–Crippen MR) is 91.2 cm³/mol. The topological polar surface area (TPSA) is 68.1 Å². The van der Waals surface area contributed by atoms with Crippen molar-refractivity contribution in [2.45, 2.75) is 13.1 Å². The molecule has 2 heterocycles. The van der Waals surface area contributed by atoms with Gasteiger partial charge in [0, 0.05) is 5.02 Å². The van der Waals surface area contributed by atoms with E-state index in [-0.39, 0.29) is 18.4 Å². The number of amides is 2. The summed E-state index contributed by atoms with van der Waals surface area (Å²) in [4.78, 5) is 26.0.